The average Bonchev–Trinajstić information content (AvgIpc) is 3.07. The van der Waals surface area contributed by atoms with E-state index in [1.807, 2.05) is 24.4 Å². The van der Waals surface area contributed by atoms with Crippen molar-refractivity contribution in [2.75, 3.05) is 7.05 Å². The molecule has 3 rings (SSSR count). The van der Waals surface area contributed by atoms with Crippen LogP contribution in [0.1, 0.15) is 41.6 Å². The number of aryl methyl sites for hydroxylation is 1. The van der Waals surface area contributed by atoms with Crippen molar-refractivity contribution in [3.8, 4) is 5.75 Å². The van der Waals surface area contributed by atoms with E-state index in [-0.39, 0.29) is 24.0 Å². The lowest BCUT2D eigenvalue weighted by Crippen LogP contribution is -2.36. The van der Waals surface area contributed by atoms with Crippen molar-refractivity contribution >= 4 is 41.3 Å². The summed E-state index contributed by atoms with van der Waals surface area (Å²) in [5.41, 5.74) is 1.15. The van der Waals surface area contributed by atoms with Gasteiger partial charge in [-0.15, -0.1) is 35.3 Å². The predicted molar refractivity (Wildman–Crippen MR) is 119 cm³/mol. The van der Waals surface area contributed by atoms with Gasteiger partial charge in [-0.2, -0.15) is 0 Å². The monoisotopic (exact) mass is 486 g/mol. The van der Waals surface area contributed by atoms with Crippen LogP contribution in [0.15, 0.2) is 35.5 Å². The average molecular weight is 486 g/mol. The summed E-state index contributed by atoms with van der Waals surface area (Å²) in [5, 5.41) is 7.76. The van der Waals surface area contributed by atoms with E-state index in [0.29, 0.717) is 19.2 Å². The van der Waals surface area contributed by atoms with E-state index in [4.69, 9.17) is 4.74 Å². The quantitative estimate of drug-likeness (QED) is 0.351. The second-order valence-corrected chi connectivity index (χ2v) is 7.33. The topological polar surface area (TPSA) is 58.5 Å². The predicted octanol–water partition coefficient (Wildman–Crippen LogP) is 4.12. The Morgan fingerprint density at radius 2 is 2.04 bits per heavy atom. The van der Waals surface area contributed by atoms with E-state index in [1.165, 1.54) is 24.1 Å². The maximum absolute atomic E-state index is 6.08. The lowest BCUT2D eigenvalue weighted by molar-refractivity contribution is 0.119. The zero-order valence-electron chi connectivity index (χ0n) is 15.3. The van der Waals surface area contributed by atoms with Crippen molar-refractivity contribution < 1.29 is 4.74 Å². The van der Waals surface area contributed by atoms with Gasteiger partial charge in [0, 0.05) is 30.2 Å². The molecule has 1 aliphatic rings. The summed E-state index contributed by atoms with van der Waals surface area (Å²) in [4.78, 5) is 10.0. The molecular formula is C19H27IN4OS. The van der Waals surface area contributed by atoms with E-state index in [0.717, 1.165) is 28.7 Å². The summed E-state index contributed by atoms with van der Waals surface area (Å²) in [6, 6.07) is 8.22. The van der Waals surface area contributed by atoms with Crippen LogP contribution >= 0.6 is 35.3 Å². The van der Waals surface area contributed by atoms with Crippen LogP contribution in [0.25, 0.3) is 0 Å². The Labute approximate surface area is 176 Å². The van der Waals surface area contributed by atoms with Gasteiger partial charge in [0.25, 0.3) is 0 Å². The van der Waals surface area contributed by atoms with Gasteiger partial charge in [-0.05, 0) is 31.7 Å². The number of halogens is 1. The standard InChI is InChI=1S/C19H26N4OS.HI/c1-3-16-12-21-18(25-16)13-23-19(20-2)22-11-14-7-4-5-10-17(14)24-15-8-6-9-15;/h4-5,7,10,12,15H,3,6,8-9,11,13H2,1-2H3,(H2,20,22,23);1H. The number of aliphatic imine (C=N–C) groups is 1. The molecule has 0 radical (unpaired) electrons. The number of nitrogens with one attached hydrogen (secondary N) is 2. The highest BCUT2D eigenvalue weighted by atomic mass is 127. The van der Waals surface area contributed by atoms with Gasteiger partial charge in [0.2, 0.25) is 0 Å². The molecule has 1 aromatic heterocycles. The van der Waals surface area contributed by atoms with Crippen LogP contribution in [0, 0.1) is 0 Å². The Bertz CT molecular complexity index is 715. The van der Waals surface area contributed by atoms with E-state index >= 15 is 0 Å². The fraction of sp³-hybridized carbons (Fsp3) is 0.474. The summed E-state index contributed by atoms with van der Waals surface area (Å²) >= 11 is 1.74. The van der Waals surface area contributed by atoms with Crippen LogP contribution in [-0.2, 0) is 19.5 Å². The number of para-hydroxylation sites is 1. The molecule has 2 N–H and O–H groups in total. The van der Waals surface area contributed by atoms with E-state index in [9.17, 15) is 0 Å². The Morgan fingerprint density at radius 3 is 2.69 bits per heavy atom. The molecule has 0 saturated heterocycles. The molecule has 0 atom stereocenters. The number of rotatable bonds is 7. The summed E-state index contributed by atoms with van der Waals surface area (Å²) in [6.45, 7) is 3.51. The van der Waals surface area contributed by atoms with E-state index in [2.05, 4.69) is 33.6 Å². The molecule has 1 heterocycles. The first-order valence-electron chi connectivity index (χ1n) is 8.91. The first-order chi connectivity index (χ1) is 12.3. The van der Waals surface area contributed by atoms with Crippen LogP contribution in [0.5, 0.6) is 5.75 Å². The number of hydrogen-bond acceptors (Lipinski definition) is 4. The molecule has 0 bridgehead atoms. The van der Waals surface area contributed by atoms with E-state index in [1.54, 1.807) is 18.4 Å². The smallest absolute Gasteiger partial charge is 0.191 e. The molecular weight excluding hydrogens is 459 g/mol. The lowest BCUT2D eigenvalue weighted by Gasteiger charge is -2.27. The first-order valence-corrected chi connectivity index (χ1v) is 9.72. The molecule has 142 valence electrons. The highest BCUT2D eigenvalue weighted by Gasteiger charge is 2.20. The van der Waals surface area contributed by atoms with E-state index < -0.39 is 0 Å². The maximum Gasteiger partial charge on any atom is 0.191 e. The van der Waals surface area contributed by atoms with Crippen molar-refractivity contribution in [3.63, 3.8) is 0 Å². The number of guanidine groups is 1. The van der Waals surface area contributed by atoms with Crippen LogP contribution in [0.4, 0.5) is 0 Å². The number of ether oxygens (including phenoxy) is 1. The zero-order valence-corrected chi connectivity index (χ0v) is 18.5. The van der Waals surface area contributed by atoms with Gasteiger partial charge in [0.1, 0.15) is 10.8 Å². The third-order valence-corrected chi connectivity index (χ3v) is 5.49. The summed E-state index contributed by atoms with van der Waals surface area (Å²) in [5.74, 6) is 1.74. The Morgan fingerprint density at radius 1 is 1.27 bits per heavy atom. The van der Waals surface area contributed by atoms with Crippen LogP contribution in [-0.4, -0.2) is 24.1 Å². The van der Waals surface area contributed by atoms with Gasteiger partial charge in [-0.25, -0.2) is 4.98 Å². The summed E-state index contributed by atoms with van der Waals surface area (Å²) in [6.07, 6.45) is 6.97. The minimum atomic E-state index is 0. The molecule has 1 saturated carbocycles. The molecule has 0 unspecified atom stereocenters. The van der Waals surface area contributed by atoms with Crippen molar-refractivity contribution in [2.24, 2.45) is 4.99 Å². The fourth-order valence-electron chi connectivity index (χ4n) is 2.59. The highest BCUT2D eigenvalue weighted by molar-refractivity contribution is 14.0. The number of hydrogen-bond donors (Lipinski definition) is 2. The van der Waals surface area contributed by atoms with Gasteiger partial charge in [0.15, 0.2) is 5.96 Å². The van der Waals surface area contributed by atoms with Crippen molar-refractivity contribution in [3.05, 3.63) is 45.9 Å². The number of thiazole rings is 1. The van der Waals surface area contributed by atoms with Crippen molar-refractivity contribution in [1.82, 2.24) is 15.6 Å². The van der Waals surface area contributed by atoms with Crippen LogP contribution in [0.3, 0.4) is 0 Å². The second-order valence-electron chi connectivity index (χ2n) is 6.13. The van der Waals surface area contributed by atoms with Gasteiger partial charge < -0.3 is 15.4 Å². The largest absolute Gasteiger partial charge is 0.490 e. The molecule has 2 aromatic rings. The minimum absolute atomic E-state index is 0. The zero-order chi connectivity index (χ0) is 17.5. The molecule has 1 aromatic carbocycles. The summed E-state index contributed by atoms with van der Waals surface area (Å²) in [7, 11) is 1.78. The Hall–Kier alpha value is -1.35. The van der Waals surface area contributed by atoms with Gasteiger partial charge in [-0.3, -0.25) is 4.99 Å². The normalized spacial score (nSPS) is 14.3. The Balaban J connectivity index is 0.00000243. The molecule has 26 heavy (non-hydrogen) atoms. The van der Waals surface area contributed by atoms with Gasteiger partial charge >= 0.3 is 0 Å². The van der Waals surface area contributed by atoms with Crippen molar-refractivity contribution in [2.45, 2.75) is 51.8 Å². The third-order valence-electron chi connectivity index (χ3n) is 4.35. The molecule has 5 nitrogen and oxygen atoms in total. The van der Waals surface area contributed by atoms with Crippen molar-refractivity contribution in [1.29, 1.82) is 0 Å². The molecule has 0 aliphatic heterocycles. The maximum atomic E-state index is 6.08. The number of nitrogens with zero attached hydrogens (tertiary/aromatic N) is 2. The summed E-state index contributed by atoms with van der Waals surface area (Å²) < 4.78 is 6.08. The number of benzene rings is 1. The SMILES string of the molecule is CCc1cnc(CNC(=NC)NCc2ccccc2OC2CCC2)s1.I. The highest BCUT2D eigenvalue weighted by Crippen LogP contribution is 2.27. The fourth-order valence-corrected chi connectivity index (χ4v) is 3.39. The van der Waals surface area contributed by atoms with Crippen LogP contribution < -0.4 is 15.4 Å². The first kappa shape index (κ1) is 21.0. The van der Waals surface area contributed by atoms with Gasteiger partial charge in [0.05, 0.1) is 12.6 Å². The third kappa shape index (κ3) is 5.84. The lowest BCUT2D eigenvalue weighted by atomic mass is 9.96. The molecule has 1 fully saturated rings. The van der Waals surface area contributed by atoms with Gasteiger partial charge in [-0.1, -0.05) is 25.1 Å². The molecule has 1 aliphatic carbocycles. The molecule has 7 heteroatoms. The van der Waals surface area contributed by atoms with Crippen LogP contribution in [0.2, 0.25) is 0 Å². The molecule has 0 spiro atoms. The second kappa shape index (κ2) is 10.7. The number of aromatic nitrogens is 1. The minimum Gasteiger partial charge on any atom is -0.490 e. The Kier molecular flexibility index (Phi) is 8.64. The molecule has 0 amide bonds.